The van der Waals surface area contributed by atoms with Gasteiger partial charge in [0.25, 0.3) is 0 Å². The van der Waals surface area contributed by atoms with Crippen molar-refractivity contribution in [3.63, 3.8) is 0 Å². The molecular weight excluding hydrogens is 202 g/mol. The molecule has 0 radical (unpaired) electrons. The number of nitrogens with zero attached hydrogens (tertiary/aromatic N) is 2. The summed E-state index contributed by atoms with van der Waals surface area (Å²) in [5, 5.41) is 7.24. The summed E-state index contributed by atoms with van der Waals surface area (Å²) in [7, 11) is 1.57. The molecule has 72 valence electrons. The van der Waals surface area contributed by atoms with Crippen LogP contribution in [0.4, 0.5) is 0 Å². The predicted octanol–water partition coefficient (Wildman–Crippen LogP) is 2.13. The first kappa shape index (κ1) is 9.02. The molecular formula is C9H8ClN3O. The van der Waals surface area contributed by atoms with Crippen LogP contribution in [0.15, 0.2) is 24.5 Å². The number of pyridine rings is 1. The van der Waals surface area contributed by atoms with Crippen LogP contribution in [-0.2, 0) is 0 Å². The quantitative estimate of drug-likeness (QED) is 0.825. The second kappa shape index (κ2) is 3.67. The minimum Gasteiger partial charge on any atom is -0.481 e. The van der Waals surface area contributed by atoms with Crippen LogP contribution >= 0.6 is 11.6 Å². The van der Waals surface area contributed by atoms with Crippen LogP contribution < -0.4 is 4.74 Å². The van der Waals surface area contributed by atoms with E-state index in [2.05, 4.69) is 15.2 Å². The Morgan fingerprint density at radius 2 is 2.36 bits per heavy atom. The SMILES string of the molecule is COc1ncc(Cl)cc1-c1ccn[nH]1. The summed E-state index contributed by atoms with van der Waals surface area (Å²) >= 11 is 5.84. The Hall–Kier alpha value is -1.55. The molecule has 5 heteroatoms. The lowest BCUT2D eigenvalue weighted by Gasteiger charge is -2.04. The molecule has 2 rings (SSSR count). The number of methoxy groups -OCH3 is 1. The summed E-state index contributed by atoms with van der Waals surface area (Å²) in [5.74, 6) is 0.527. The Morgan fingerprint density at radius 3 is 3.00 bits per heavy atom. The van der Waals surface area contributed by atoms with Gasteiger partial charge >= 0.3 is 0 Å². The topological polar surface area (TPSA) is 50.8 Å². The summed E-state index contributed by atoms with van der Waals surface area (Å²) in [6.45, 7) is 0. The summed E-state index contributed by atoms with van der Waals surface area (Å²) < 4.78 is 5.11. The van der Waals surface area contributed by atoms with Gasteiger partial charge in [0, 0.05) is 12.4 Å². The summed E-state index contributed by atoms with van der Waals surface area (Å²) in [6.07, 6.45) is 3.20. The van der Waals surface area contributed by atoms with Crippen molar-refractivity contribution in [2.24, 2.45) is 0 Å². The zero-order valence-electron chi connectivity index (χ0n) is 7.49. The largest absolute Gasteiger partial charge is 0.481 e. The molecule has 0 atom stereocenters. The van der Waals surface area contributed by atoms with Crippen LogP contribution in [0.5, 0.6) is 5.88 Å². The lowest BCUT2D eigenvalue weighted by atomic mass is 10.2. The van der Waals surface area contributed by atoms with E-state index in [1.807, 2.05) is 6.07 Å². The lowest BCUT2D eigenvalue weighted by molar-refractivity contribution is 0.399. The van der Waals surface area contributed by atoms with Crippen LogP contribution in [0.1, 0.15) is 0 Å². The monoisotopic (exact) mass is 209 g/mol. The molecule has 0 bridgehead atoms. The molecule has 0 spiro atoms. The van der Waals surface area contributed by atoms with Crippen LogP contribution in [0.2, 0.25) is 5.02 Å². The zero-order chi connectivity index (χ0) is 9.97. The maximum atomic E-state index is 5.84. The fourth-order valence-corrected chi connectivity index (χ4v) is 1.35. The Balaban J connectivity index is 2.55. The van der Waals surface area contributed by atoms with Gasteiger partial charge in [0.2, 0.25) is 5.88 Å². The molecule has 14 heavy (non-hydrogen) atoms. The van der Waals surface area contributed by atoms with Gasteiger partial charge in [-0.3, -0.25) is 5.10 Å². The average molecular weight is 210 g/mol. The number of hydrogen-bond donors (Lipinski definition) is 1. The molecule has 2 heterocycles. The highest BCUT2D eigenvalue weighted by Crippen LogP contribution is 2.28. The molecule has 2 aromatic heterocycles. The van der Waals surface area contributed by atoms with E-state index in [0.29, 0.717) is 10.9 Å². The van der Waals surface area contributed by atoms with Crippen molar-refractivity contribution in [3.05, 3.63) is 29.5 Å². The van der Waals surface area contributed by atoms with Crippen molar-refractivity contribution in [2.45, 2.75) is 0 Å². The van der Waals surface area contributed by atoms with Gasteiger partial charge in [0.1, 0.15) is 0 Å². The molecule has 1 N–H and O–H groups in total. The average Bonchev–Trinajstić information content (AvgIpc) is 2.70. The van der Waals surface area contributed by atoms with E-state index in [9.17, 15) is 0 Å². The first-order chi connectivity index (χ1) is 6.81. The molecule has 0 aliphatic rings. The minimum absolute atomic E-state index is 0.527. The second-order valence-electron chi connectivity index (χ2n) is 2.68. The molecule has 0 aliphatic carbocycles. The fraction of sp³-hybridized carbons (Fsp3) is 0.111. The number of ether oxygens (including phenoxy) is 1. The van der Waals surface area contributed by atoms with Crippen LogP contribution in [0.25, 0.3) is 11.3 Å². The molecule has 0 saturated heterocycles. The highest BCUT2D eigenvalue weighted by molar-refractivity contribution is 6.30. The van der Waals surface area contributed by atoms with Gasteiger partial charge in [0.05, 0.1) is 23.4 Å². The number of halogens is 1. The first-order valence-electron chi connectivity index (χ1n) is 4.00. The number of rotatable bonds is 2. The van der Waals surface area contributed by atoms with Gasteiger partial charge in [0.15, 0.2) is 0 Å². The van der Waals surface area contributed by atoms with Crippen molar-refractivity contribution in [2.75, 3.05) is 7.11 Å². The van der Waals surface area contributed by atoms with Crippen molar-refractivity contribution >= 4 is 11.6 Å². The van der Waals surface area contributed by atoms with Gasteiger partial charge < -0.3 is 4.74 Å². The third kappa shape index (κ3) is 1.56. The molecule has 4 nitrogen and oxygen atoms in total. The number of nitrogens with one attached hydrogen (secondary N) is 1. The Bertz CT molecular complexity index is 428. The molecule has 0 aliphatic heterocycles. The van der Waals surface area contributed by atoms with E-state index in [-0.39, 0.29) is 0 Å². The van der Waals surface area contributed by atoms with Crippen molar-refractivity contribution in [1.29, 1.82) is 0 Å². The van der Waals surface area contributed by atoms with Gasteiger partial charge in [-0.25, -0.2) is 4.98 Å². The van der Waals surface area contributed by atoms with E-state index in [0.717, 1.165) is 11.3 Å². The number of hydrogen-bond acceptors (Lipinski definition) is 3. The number of aromatic amines is 1. The number of aromatic nitrogens is 3. The van der Waals surface area contributed by atoms with E-state index in [1.54, 1.807) is 25.6 Å². The summed E-state index contributed by atoms with van der Waals surface area (Å²) in [5.41, 5.74) is 1.63. The van der Waals surface area contributed by atoms with Gasteiger partial charge in [-0.05, 0) is 12.1 Å². The van der Waals surface area contributed by atoms with Crippen LogP contribution in [-0.4, -0.2) is 22.3 Å². The standard InChI is InChI=1S/C9H8ClN3O/c1-14-9-7(4-6(10)5-11-9)8-2-3-12-13-8/h2-5H,1H3,(H,12,13). The van der Waals surface area contributed by atoms with Crippen LogP contribution in [0.3, 0.4) is 0 Å². The third-order valence-electron chi connectivity index (χ3n) is 1.80. The fourth-order valence-electron chi connectivity index (χ4n) is 1.19. The summed E-state index contributed by atoms with van der Waals surface area (Å²) in [6, 6.07) is 3.61. The molecule has 2 aromatic rings. The molecule has 0 saturated carbocycles. The van der Waals surface area contributed by atoms with Gasteiger partial charge in [-0.15, -0.1) is 0 Å². The third-order valence-corrected chi connectivity index (χ3v) is 2.01. The molecule has 0 fully saturated rings. The van der Waals surface area contributed by atoms with E-state index in [4.69, 9.17) is 16.3 Å². The maximum absolute atomic E-state index is 5.84. The van der Waals surface area contributed by atoms with E-state index >= 15 is 0 Å². The molecule has 0 unspecified atom stereocenters. The Labute approximate surface area is 85.9 Å². The number of H-pyrrole nitrogens is 1. The minimum atomic E-state index is 0.527. The van der Waals surface area contributed by atoms with Crippen molar-refractivity contribution in [3.8, 4) is 17.1 Å². The molecule has 0 aromatic carbocycles. The van der Waals surface area contributed by atoms with E-state index in [1.165, 1.54) is 0 Å². The van der Waals surface area contributed by atoms with Crippen molar-refractivity contribution < 1.29 is 4.74 Å². The second-order valence-corrected chi connectivity index (χ2v) is 3.12. The molecule has 0 amide bonds. The first-order valence-corrected chi connectivity index (χ1v) is 4.38. The van der Waals surface area contributed by atoms with Crippen LogP contribution in [0, 0.1) is 0 Å². The van der Waals surface area contributed by atoms with E-state index < -0.39 is 0 Å². The summed E-state index contributed by atoms with van der Waals surface area (Å²) in [4.78, 5) is 4.05. The Morgan fingerprint density at radius 1 is 1.50 bits per heavy atom. The highest BCUT2D eigenvalue weighted by Gasteiger charge is 2.08. The Kier molecular flexibility index (Phi) is 2.37. The van der Waals surface area contributed by atoms with Crippen molar-refractivity contribution in [1.82, 2.24) is 15.2 Å². The zero-order valence-corrected chi connectivity index (χ0v) is 8.25. The highest BCUT2D eigenvalue weighted by atomic mass is 35.5. The normalized spacial score (nSPS) is 10.1. The predicted molar refractivity (Wildman–Crippen MR) is 53.4 cm³/mol. The van der Waals surface area contributed by atoms with Gasteiger partial charge in [-0.2, -0.15) is 5.10 Å². The maximum Gasteiger partial charge on any atom is 0.222 e. The van der Waals surface area contributed by atoms with Gasteiger partial charge in [-0.1, -0.05) is 11.6 Å². The lowest BCUT2D eigenvalue weighted by Crippen LogP contribution is -1.91. The smallest absolute Gasteiger partial charge is 0.222 e.